The first kappa shape index (κ1) is 21.1. The highest BCUT2D eigenvalue weighted by atomic mass is 79.9. The summed E-state index contributed by atoms with van der Waals surface area (Å²) in [5, 5.41) is 13.9. The van der Waals surface area contributed by atoms with Crippen molar-refractivity contribution >= 4 is 60.9 Å². The molecular formula is C22H14Br2N2O5. The molecule has 2 N–H and O–H groups in total. The van der Waals surface area contributed by atoms with E-state index in [2.05, 4.69) is 42.4 Å². The predicted molar refractivity (Wildman–Crippen MR) is 123 cm³/mol. The Kier molecular flexibility index (Phi) is 5.79. The molecule has 2 aromatic carbocycles. The van der Waals surface area contributed by atoms with E-state index in [4.69, 9.17) is 8.83 Å². The number of hydrazone groups is 1. The maximum atomic E-state index is 12.3. The highest BCUT2D eigenvalue weighted by Crippen LogP contribution is 2.31. The maximum Gasteiger partial charge on any atom is 0.335 e. The van der Waals surface area contributed by atoms with Gasteiger partial charge in [-0.1, -0.05) is 22.0 Å². The number of aryl methyl sites for hydroxylation is 1. The number of benzene rings is 2. The number of hydrogen-bond acceptors (Lipinski definition) is 5. The van der Waals surface area contributed by atoms with E-state index in [0.717, 1.165) is 19.9 Å². The maximum absolute atomic E-state index is 12.3. The van der Waals surface area contributed by atoms with E-state index in [9.17, 15) is 14.7 Å². The van der Waals surface area contributed by atoms with Gasteiger partial charge in [0, 0.05) is 15.4 Å². The highest BCUT2D eigenvalue weighted by molar-refractivity contribution is 9.11. The van der Waals surface area contributed by atoms with Crippen molar-refractivity contribution in [2.24, 2.45) is 5.10 Å². The van der Waals surface area contributed by atoms with Crippen molar-refractivity contribution in [1.82, 2.24) is 5.43 Å². The highest BCUT2D eigenvalue weighted by Gasteiger charge is 2.15. The molecule has 0 aliphatic heterocycles. The minimum absolute atomic E-state index is 0.118. The van der Waals surface area contributed by atoms with Gasteiger partial charge in [-0.3, -0.25) is 4.79 Å². The van der Waals surface area contributed by atoms with Crippen molar-refractivity contribution in [3.05, 3.63) is 80.1 Å². The van der Waals surface area contributed by atoms with Gasteiger partial charge in [0.15, 0.2) is 5.76 Å². The van der Waals surface area contributed by atoms with Crippen LogP contribution in [0.25, 0.3) is 22.3 Å². The lowest BCUT2D eigenvalue weighted by molar-refractivity contribution is 0.0696. The standard InChI is InChI=1S/C22H14Br2N2O5/c1-11-2-3-12(22(28)29)7-16(11)18-5-4-15(30-18)10-25-26-21(27)19-8-13-6-14(23)9-17(24)20(13)31-19/h2-10H,1H3,(H,26,27)(H,28,29)/b25-10-. The van der Waals surface area contributed by atoms with Crippen LogP contribution in [-0.4, -0.2) is 23.2 Å². The SMILES string of the molecule is Cc1ccc(C(=O)O)cc1-c1ccc(/C=N\NC(=O)c2cc3cc(Br)cc(Br)c3o2)o1. The average Bonchev–Trinajstić information content (AvgIpc) is 3.35. The first-order chi connectivity index (χ1) is 14.8. The second-order valence-corrected chi connectivity index (χ2v) is 8.42. The Morgan fingerprint density at radius 3 is 2.65 bits per heavy atom. The first-order valence-electron chi connectivity index (χ1n) is 8.98. The van der Waals surface area contributed by atoms with Crippen LogP contribution >= 0.6 is 31.9 Å². The molecule has 2 aromatic heterocycles. The lowest BCUT2D eigenvalue weighted by Gasteiger charge is -2.04. The molecule has 2 heterocycles. The van der Waals surface area contributed by atoms with Crippen LogP contribution in [0.1, 0.15) is 32.2 Å². The number of aromatic carboxylic acids is 1. The number of fused-ring (bicyclic) bond motifs is 1. The molecule has 7 nitrogen and oxygen atoms in total. The van der Waals surface area contributed by atoms with Crippen molar-refractivity contribution in [3.63, 3.8) is 0 Å². The molecule has 0 aliphatic rings. The van der Waals surface area contributed by atoms with Crippen LogP contribution in [0.15, 0.2) is 71.4 Å². The van der Waals surface area contributed by atoms with Crippen molar-refractivity contribution in [2.45, 2.75) is 6.92 Å². The summed E-state index contributed by atoms with van der Waals surface area (Å²) >= 11 is 6.80. The van der Waals surface area contributed by atoms with Gasteiger partial charge in [0.05, 0.1) is 16.3 Å². The second kappa shape index (κ2) is 8.52. The second-order valence-electron chi connectivity index (χ2n) is 6.65. The van der Waals surface area contributed by atoms with Crippen molar-refractivity contribution in [3.8, 4) is 11.3 Å². The van der Waals surface area contributed by atoms with Gasteiger partial charge in [0.25, 0.3) is 0 Å². The summed E-state index contributed by atoms with van der Waals surface area (Å²) in [7, 11) is 0. The molecule has 1 amide bonds. The van der Waals surface area contributed by atoms with E-state index < -0.39 is 11.9 Å². The largest absolute Gasteiger partial charge is 0.478 e. The summed E-state index contributed by atoms with van der Waals surface area (Å²) in [6.07, 6.45) is 1.35. The van der Waals surface area contributed by atoms with Crippen LogP contribution in [0, 0.1) is 6.92 Å². The molecule has 0 saturated carbocycles. The van der Waals surface area contributed by atoms with Crippen molar-refractivity contribution < 1.29 is 23.5 Å². The molecule has 0 spiro atoms. The molecular weight excluding hydrogens is 532 g/mol. The quantitative estimate of drug-likeness (QED) is 0.237. The van der Waals surface area contributed by atoms with Gasteiger partial charge in [-0.15, -0.1) is 0 Å². The third-order valence-electron chi connectivity index (χ3n) is 4.49. The molecule has 31 heavy (non-hydrogen) atoms. The fourth-order valence-corrected chi connectivity index (χ4v) is 4.32. The number of nitrogens with zero attached hydrogens (tertiary/aromatic N) is 1. The summed E-state index contributed by atoms with van der Waals surface area (Å²) in [5.41, 5.74) is 4.67. The number of carbonyl (C=O) groups excluding carboxylic acids is 1. The lowest BCUT2D eigenvalue weighted by atomic mass is 10.0. The van der Waals surface area contributed by atoms with Gasteiger partial charge in [-0.05, 0) is 70.9 Å². The fraction of sp³-hybridized carbons (Fsp3) is 0.0455. The third kappa shape index (κ3) is 4.47. The van der Waals surface area contributed by atoms with E-state index in [1.54, 1.807) is 30.3 Å². The number of rotatable bonds is 5. The van der Waals surface area contributed by atoms with Gasteiger partial charge in [-0.25, -0.2) is 10.2 Å². The van der Waals surface area contributed by atoms with Crippen molar-refractivity contribution in [2.75, 3.05) is 0 Å². The Balaban J connectivity index is 1.49. The summed E-state index contributed by atoms with van der Waals surface area (Å²) in [6.45, 7) is 1.86. The predicted octanol–water partition coefficient (Wildman–Crippen LogP) is 5.99. The van der Waals surface area contributed by atoms with E-state index in [-0.39, 0.29) is 11.3 Å². The van der Waals surface area contributed by atoms with Gasteiger partial charge < -0.3 is 13.9 Å². The van der Waals surface area contributed by atoms with Gasteiger partial charge in [0.2, 0.25) is 0 Å². The van der Waals surface area contributed by atoms with E-state index in [1.165, 1.54) is 12.3 Å². The van der Waals surface area contributed by atoms with Crippen molar-refractivity contribution in [1.29, 1.82) is 0 Å². The molecule has 0 fully saturated rings. The van der Waals surface area contributed by atoms with E-state index >= 15 is 0 Å². The van der Waals surface area contributed by atoms with Crippen LogP contribution < -0.4 is 5.43 Å². The van der Waals surface area contributed by atoms with Crippen LogP contribution in [0.4, 0.5) is 0 Å². The Bertz CT molecular complexity index is 1350. The van der Waals surface area contributed by atoms with E-state index in [1.807, 2.05) is 19.1 Å². The number of carbonyl (C=O) groups is 2. The Morgan fingerprint density at radius 2 is 1.87 bits per heavy atom. The number of furan rings is 2. The molecule has 0 atom stereocenters. The number of halogens is 2. The summed E-state index contributed by atoms with van der Waals surface area (Å²) in [5.74, 6) is -0.505. The molecule has 0 radical (unpaired) electrons. The van der Waals surface area contributed by atoms with Crippen LogP contribution in [0.2, 0.25) is 0 Å². The molecule has 0 aliphatic carbocycles. The monoisotopic (exact) mass is 544 g/mol. The first-order valence-corrected chi connectivity index (χ1v) is 10.6. The third-order valence-corrected chi connectivity index (χ3v) is 5.54. The molecule has 0 saturated heterocycles. The zero-order valence-corrected chi connectivity index (χ0v) is 19.2. The number of carboxylic acid groups (broad SMARTS) is 1. The smallest absolute Gasteiger partial charge is 0.335 e. The Labute approximate surface area is 193 Å². The lowest BCUT2D eigenvalue weighted by Crippen LogP contribution is -2.16. The fourth-order valence-electron chi connectivity index (χ4n) is 2.98. The Morgan fingerprint density at radius 1 is 1.06 bits per heavy atom. The molecule has 156 valence electrons. The topological polar surface area (TPSA) is 105 Å². The average molecular weight is 546 g/mol. The normalized spacial score (nSPS) is 11.3. The molecule has 0 bridgehead atoms. The summed E-state index contributed by atoms with van der Waals surface area (Å²) in [6, 6.07) is 13.5. The van der Waals surface area contributed by atoms with Crippen LogP contribution in [-0.2, 0) is 0 Å². The number of carboxylic acids is 1. The summed E-state index contributed by atoms with van der Waals surface area (Å²) in [4.78, 5) is 23.6. The van der Waals surface area contributed by atoms with Gasteiger partial charge >= 0.3 is 11.9 Å². The zero-order valence-electron chi connectivity index (χ0n) is 16.0. The van der Waals surface area contributed by atoms with Gasteiger partial charge in [-0.2, -0.15) is 5.10 Å². The summed E-state index contributed by atoms with van der Waals surface area (Å²) < 4.78 is 12.9. The zero-order chi connectivity index (χ0) is 22.1. The van der Waals surface area contributed by atoms with Crippen LogP contribution in [0.3, 0.4) is 0 Å². The number of hydrogen-bond donors (Lipinski definition) is 2. The minimum atomic E-state index is -1.01. The molecule has 0 unspecified atom stereocenters. The molecule has 9 heteroatoms. The van der Waals surface area contributed by atoms with E-state index in [0.29, 0.717) is 22.7 Å². The minimum Gasteiger partial charge on any atom is -0.478 e. The van der Waals surface area contributed by atoms with Gasteiger partial charge in [0.1, 0.15) is 17.1 Å². The number of amides is 1. The molecule has 4 rings (SSSR count). The number of nitrogens with one attached hydrogen (secondary N) is 1. The Hall–Kier alpha value is -3.17. The van der Waals surface area contributed by atoms with Crippen LogP contribution in [0.5, 0.6) is 0 Å². The molecule has 4 aromatic rings.